The zero-order valence-electron chi connectivity index (χ0n) is 17.2. The van der Waals surface area contributed by atoms with Gasteiger partial charge >= 0.3 is 0 Å². The van der Waals surface area contributed by atoms with Crippen LogP contribution in [0.1, 0.15) is 27.8 Å². The van der Waals surface area contributed by atoms with Gasteiger partial charge in [-0.2, -0.15) is 0 Å². The molecule has 4 rings (SSSR count). The molecule has 8 nitrogen and oxygen atoms in total. The van der Waals surface area contributed by atoms with E-state index < -0.39 is 6.04 Å². The average molecular weight is 414 g/mol. The maximum absolute atomic E-state index is 13.1. The van der Waals surface area contributed by atoms with Crippen LogP contribution in [0.2, 0.25) is 0 Å². The highest BCUT2D eigenvalue weighted by molar-refractivity contribution is 5.95. The molecule has 1 amide bonds. The lowest BCUT2D eigenvalue weighted by Gasteiger charge is -2.20. The van der Waals surface area contributed by atoms with Gasteiger partial charge in [-0.15, -0.1) is 0 Å². The number of aromatic nitrogens is 4. The zero-order valence-corrected chi connectivity index (χ0v) is 17.2. The molecule has 0 saturated heterocycles. The molecule has 0 fully saturated rings. The molecule has 2 aromatic carbocycles. The number of carbonyl (C=O) groups is 1. The summed E-state index contributed by atoms with van der Waals surface area (Å²) in [6.45, 7) is 0. The SMILES string of the molecule is COc1ccc([C@H](NC(=O)c2cccc(Nc3ncccn3)c2)c2nccn2C)cc1. The lowest BCUT2D eigenvalue weighted by Crippen LogP contribution is -2.31. The third-order valence-corrected chi connectivity index (χ3v) is 4.79. The van der Waals surface area contributed by atoms with E-state index in [9.17, 15) is 4.79 Å². The smallest absolute Gasteiger partial charge is 0.252 e. The van der Waals surface area contributed by atoms with Crippen LogP contribution in [-0.2, 0) is 7.05 Å². The number of rotatable bonds is 7. The number of nitrogens with one attached hydrogen (secondary N) is 2. The van der Waals surface area contributed by atoms with E-state index >= 15 is 0 Å². The maximum atomic E-state index is 13.1. The largest absolute Gasteiger partial charge is 0.497 e. The second kappa shape index (κ2) is 9.08. The third kappa shape index (κ3) is 4.69. The number of amides is 1. The number of imidazole rings is 1. The number of nitrogens with zero attached hydrogens (tertiary/aromatic N) is 4. The first-order chi connectivity index (χ1) is 15.1. The van der Waals surface area contributed by atoms with Crippen LogP contribution in [0.15, 0.2) is 79.4 Å². The first kappa shape index (κ1) is 20.1. The Morgan fingerprint density at radius 1 is 1.00 bits per heavy atom. The number of ether oxygens (including phenoxy) is 1. The fourth-order valence-electron chi connectivity index (χ4n) is 3.19. The Hall–Kier alpha value is -4.20. The molecule has 0 bridgehead atoms. The van der Waals surface area contributed by atoms with Gasteiger partial charge in [0.15, 0.2) is 0 Å². The molecule has 0 unspecified atom stereocenters. The fraction of sp³-hybridized carbons (Fsp3) is 0.130. The van der Waals surface area contributed by atoms with E-state index in [1.165, 1.54) is 0 Å². The van der Waals surface area contributed by atoms with Crippen molar-refractivity contribution >= 4 is 17.5 Å². The Labute approximate surface area is 180 Å². The molecular formula is C23H22N6O2. The number of hydrogen-bond acceptors (Lipinski definition) is 6. The fourth-order valence-corrected chi connectivity index (χ4v) is 3.19. The van der Waals surface area contributed by atoms with Gasteiger partial charge in [-0.1, -0.05) is 18.2 Å². The Bertz CT molecular complexity index is 1160. The van der Waals surface area contributed by atoms with E-state index in [1.54, 1.807) is 43.9 Å². The van der Waals surface area contributed by atoms with Gasteiger partial charge in [0.1, 0.15) is 17.6 Å². The van der Waals surface area contributed by atoms with Gasteiger partial charge in [-0.05, 0) is 42.0 Å². The molecule has 31 heavy (non-hydrogen) atoms. The van der Waals surface area contributed by atoms with Crippen LogP contribution < -0.4 is 15.4 Å². The van der Waals surface area contributed by atoms with Gasteiger partial charge in [0.25, 0.3) is 5.91 Å². The Balaban J connectivity index is 1.59. The second-order valence-corrected chi connectivity index (χ2v) is 6.85. The normalized spacial score (nSPS) is 11.5. The van der Waals surface area contributed by atoms with Crippen LogP contribution in [0.4, 0.5) is 11.6 Å². The molecule has 1 atom stereocenters. The average Bonchev–Trinajstić information content (AvgIpc) is 3.24. The second-order valence-electron chi connectivity index (χ2n) is 6.85. The predicted octanol–water partition coefficient (Wildman–Crippen LogP) is 3.48. The van der Waals surface area contributed by atoms with Gasteiger partial charge in [0.05, 0.1) is 7.11 Å². The van der Waals surface area contributed by atoms with Gasteiger partial charge in [0, 0.05) is 43.1 Å². The molecule has 156 valence electrons. The quantitative estimate of drug-likeness (QED) is 0.481. The van der Waals surface area contributed by atoms with Crippen LogP contribution in [0.25, 0.3) is 0 Å². The van der Waals surface area contributed by atoms with E-state index in [1.807, 2.05) is 54.2 Å². The standard InChI is InChI=1S/C23H22N6O2/c1-29-14-13-24-21(29)20(16-7-9-19(31-2)10-8-16)28-22(30)17-5-3-6-18(15-17)27-23-25-11-4-12-26-23/h3-15,20H,1-2H3,(H,28,30)(H,25,26,27)/t20-/m0/s1. The Morgan fingerprint density at radius 3 is 2.45 bits per heavy atom. The van der Waals surface area contributed by atoms with E-state index in [-0.39, 0.29) is 5.91 Å². The monoisotopic (exact) mass is 414 g/mol. The molecular weight excluding hydrogens is 392 g/mol. The number of benzene rings is 2. The molecule has 2 aromatic heterocycles. The minimum atomic E-state index is -0.424. The van der Waals surface area contributed by atoms with Crippen molar-refractivity contribution in [3.05, 3.63) is 96.3 Å². The molecule has 8 heteroatoms. The summed E-state index contributed by atoms with van der Waals surface area (Å²) in [4.78, 5) is 25.9. The molecule has 4 aromatic rings. The van der Waals surface area contributed by atoms with Crippen molar-refractivity contribution in [3.63, 3.8) is 0 Å². The van der Waals surface area contributed by atoms with Gasteiger partial charge in [-0.25, -0.2) is 15.0 Å². The van der Waals surface area contributed by atoms with Gasteiger partial charge < -0.3 is 19.9 Å². The lowest BCUT2D eigenvalue weighted by atomic mass is 10.0. The lowest BCUT2D eigenvalue weighted by molar-refractivity contribution is 0.0941. The van der Waals surface area contributed by atoms with Crippen molar-refractivity contribution in [2.75, 3.05) is 12.4 Å². The van der Waals surface area contributed by atoms with Crippen molar-refractivity contribution in [1.82, 2.24) is 24.8 Å². The summed E-state index contributed by atoms with van der Waals surface area (Å²) in [7, 11) is 3.52. The minimum absolute atomic E-state index is 0.221. The zero-order chi connectivity index (χ0) is 21.6. The predicted molar refractivity (Wildman–Crippen MR) is 117 cm³/mol. The molecule has 2 N–H and O–H groups in total. The van der Waals surface area contributed by atoms with Crippen LogP contribution in [0.3, 0.4) is 0 Å². The molecule has 0 aliphatic carbocycles. The third-order valence-electron chi connectivity index (χ3n) is 4.79. The van der Waals surface area contributed by atoms with E-state index in [0.29, 0.717) is 11.5 Å². The summed E-state index contributed by atoms with van der Waals surface area (Å²) in [5, 5.41) is 6.20. The van der Waals surface area contributed by atoms with E-state index in [0.717, 1.165) is 22.8 Å². The first-order valence-electron chi connectivity index (χ1n) is 9.70. The highest BCUT2D eigenvalue weighted by Crippen LogP contribution is 2.24. The number of hydrogen-bond donors (Lipinski definition) is 2. The van der Waals surface area contributed by atoms with Crippen LogP contribution in [0, 0.1) is 0 Å². The Morgan fingerprint density at radius 2 is 1.77 bits per heavy atom. The molecule has 0 radical (unpaired) electrons. The van der Waals surface area contributed by atoms with Crippen molar-refractivity contribution in [2.24, 2.45) is 7.05 Å². The summed E-state index contributed by atoms with van der Waals surface area (Å²) >= 11 is 0. The van der Waals surface area contributed by atoms with Gasteiger partial charge in [0.2, 0.25) is 5.95 Å². The number of anilines is 2. The summed E-state index contributed by atoms with van der Waals surface area (Å²) in [5.74, 6) is 1.71. The number of methoxy groups -OCH3 is 1. The highest BCUT2D eigenvalue weighted by Gasteiger charge is 2.21. The molecule has 2 heterocycles. The first-order valence-corrected chi connectivity index (χ1v) is 9.70. The topological polar surface area (TPSA) is 94.0 Å². The van der Waals surface area contributed by atoms with Gasteiger partial charge in [-0.3, -0.25) is 4.79 Å². The number of carbonyl (C=O) groups excluding carboxylic acids is 1. The van der Waals surface area contributed by atoms with Crippen LogP contribution in [0.5, 0.6) is 5.75 Å². The van der Waals surface area contributed by atoms with E-state index in [2.05, 4.69) is 25.6 Å². The summed E-state index contributed by atoms with van der Waals surface area (Å²) in [6, 6.07) is 16.1. The van der Waals surface area contributed by atoms with Crippen molar-refractivity contribution < 1.29 is 9.53 Å². The van der Waals surface area contributed by atoms with Crippen molar-refractivity contribution in [2.45, 2.75) is 6.04 Å². The Kier molecular flexibility index (Phi) is 5.89. The molecule has 0 aliphatic rings. The molecule has 0 aliphatic heterocycles. The maximum Gasteiger partial charge on any atom is 0.252 e. The van der Waals surface area contributed by atoms with Crippen LogP contribution >= 0.6 is 0 Å². The summed E-state index contributed by atoms with van der Waals surface area (Å²) < 4.78 is 7.14. The number of aryl methyl sites for hydroxylation is 1. The molecule has 0 spiro atoms. The van der Waals surface area contributed by atoms with E-state index in [4.69, 9.17) is 4.74 Å². The highest BCUT2D eigenvalue weighted by atomic mass is 16.5. The van der Waals surface area contributed by atoms with Crippen LogP contribution in [-0.4, -0.2) is 32.5 Å². The van der Waals surface area contributed by atoms with Crippen molar-refractivity contribution in [1.29, 1.82) is 0 Å². The molecule has 0 saturated carbocycles. The summed E-state index contributed by atoms with van der Waals surface area (Å²) in [5.41, 5.74) is 2.13. The summed E-state index contributed by atoms with van der Waals surface area (Å²) in [6.07, 6.45) is 6.86. The minimum Gasteiger partial charge on any atom is -0.497 e. The van der Waals surface area contributed by atoms with Crippen molar-refractivity contribution in [3.8, 4) is 5.75 Å².